The first-order valence-corrected chi connectivity index (χ1v) is 10.2. The first-order chi connectivity index (χ1) is 11.4. The maximum atomic E-state index is 12.1. The second kappa shape index (κ2) is 7.18. The monoisotopic (exact) mass is 385 g/mol. The van der Waals surface area contributed by atoms with Crippen LogP contribution >= 0.6 is 22.9 Å². The average molecular weight is 386 g/mol. The molecule has 0 atom stereocenters. The Balaban J connectivity index is 1.47. The highest BCUT2D eigenvalue weighted by atomic mass is 35.5. The fraction of sp³-hybridized carbons (Fsp3) is 0.333. The molecule has 0 radical (unpaired) electrons. The number of rotatable bonds is 7. The van der Waals surface area contributed by atoms with Crippen LogP contribution in [0.15, 0.2) is 34.5 Å². The second-order valence-corrected chi connectivity index (χ2v) is 8.56. The van der Waals surface area contributed by atoms with Gasteiger partial charge in [-0.3, -0.25) is 4.79 Å². The van der Waals surface area contributed by atoms with Gasteiger partial charge in [0.25, 0.3) is 0 Å². The van der Waals surface area contributed by atoms with E-state index in [-0.39, 0.29) is 23.8 Å². The Morgan fingerprint density at radius 2 is 2.00 bits per heavy atom. The maximum Gasteiger partial charge on any atom is 0.240 e. The van der Waals surface area contributed by atoms with Crippen molar-refractivity contribution in [1.29, 1.82) is 0 Å². The van der Waals surface area contributed by atoms with Crippen molar-refractivity contribution >= 4 is 44.0 Å². The number of aromatic nitrogens is 1. The first kappa shape index (κ1) is 17.3. The Morgan fingerprint density at radius 3 is 2.67 bits per heavy atom. The zero-order valence-corrected chi connectivity index (χ0v) is 15.0. The maximum absolute atomic E-state index is 12.1. The van der Waals surface area contributed by atoms with Gasteiger partial charge in [-0.15, -0.1) is 11.3 Å². The first-order valence-electron chi connectivity index (χ1n) is 7.44. The fourth-order valence-electron chi connectivity index (χ4n) is 2.09. The van der Waals surface area contributed by atoms with Crippen molar-refractivity contribution < 1.29 is 13.2 Å². The standard InChI is InChI=1S/C15H16ClN3O3S2/c16-11-3-5-12(6-4-11)24(21,22)17-8-7-14(20)19-15-18-13(9-23-15)10-1-2-10/h3-6,9-10,17H,1-2,7-8H2,(H,18,19,20). The van der Waals surface area contributed by atoms with Crippen LogP contribution in [0.4, 0.5) is 5.13 Å². The summed E-state index contributed by atoms with van der Waals surface area (Å²) in [7, 11) is -3.65. The highest BCUT2D eigenvalue weighted by Crippen LogP contribution is 2.40. The van der Waals surface area contributed by atoms with Crippen LogP contribution in [0.1, 0.15) is 30.9 Å². The van der Waals surface area contributed by atoms with Crippen molar-refractivity contribution in [3.8, 4) is 0 Å². The normalized spacial score (nSPS) is 14.5. The van der Waals surface area contributed by atoms with Gasteiger partial charge in [-0.2, -0.15) is 0 Å². The SMILES string of the molecule is O=C(CCNS(=O)(=O)c1ccc(Cl)cc1)Nc1nc(C2CC2)cs1. The molecule has 9 heteroatoms. The van der Waals surface area contributed by atoms with E-state index in [2.05, 4.69) is 15.0 Å². The van der Waals surface area contributed by atoms with E-state index in [1.807, 2.05) is 5.38 Å². The largest absolute Gasteiger partial charge is 0.302 e. The molecule has 0 spiro atoms. The quantitative estimate of drug-likeness (QED) is 0.766. The summed E-state index contributed by atoms with van der Waals surface area (Å²) >= 11 is 7.13. The molecule has 1 aromatic carbocycles. The lowest BCUT2D eigenvalue weighted by atomic mass is 10.3. The molecule has 1 amide bonds. The van der Waals surface area contributed by atoms with E-state index in [9.17, 15) is 13.2 Å². The number of carbonyl (C=O) groups is 1. The van der Waals surface area contributed by atoms with Gasteiger partial charge in [0.15, 0.2) is 5.13 Å². The van der Waals surface area contributed by atoms with Gasteiger partial charge in [0.1, 0.15) is 0 Å². The van der Waals surface area contributed by atoms with E-state index in [0.717, 1.165) is 18.5 Å². The number of hydrogen-bond donors (Lipinski definition) is 2. The number of hydrogen-bond acceptors (Lipinski definition) is 5. The Labute approximate surface area is 149 Å². The number of sulfonamides is 1. The minimum Gasteiger partial charge on any atom is -0.302 e. The predicted molar refractivity (Wildman–Crippen MR) is 94.0 cm³/mol. The van der Waals surface area contributed by atoms with Crippen LogP contribution in [0.3, 0.4) is 0 Å². The number of amides is 1. The number of nitrogens with zero attached hydrogens (tertiary/aromatic N) is 1. The molecule has 0 unspecified atom stereocenters. The molecular weight excluding hydrogens is 370 g/mol. The zero-order valence-electron chi connectivity index (χ0n) is 12.7. The van der Waals surface area contributed by atoms with Gasteiger partial charge in [-0.1, -0.05) is 11.6 Å². The highest BCUT2D eigenvalue weighted by Gasteiger charge is 2.26. The molecule has 0 aliphatic heterocycles. The van der Waals surface area contributed by atoms with Crippen LogP contribution in [-0.2, 0) is 14.8 Å². The molecule has 2 N–H and O–H groups in total. The summed E-state index contributed by atoms with van der Waals surface area (Å²) in [6, 6.07) is 5.84. The van der Waals surface area contributed by atoms with Gasteiger partial charge in [0.05, 0.1) is 10.6 Å². The summed E-state index contributed by atoms with van der Waals surface area (Å²) in [5, 5.41) is 5.67. The second-order valence-electron chi connectivity index (χ2n) is 5.50. The Bertz CT molecular complexity index is 830. The molecule has 1 heterocycles. The van der Waals surface area contributed by atoms with Gasteiger partial charge in [0, 0.05) is 29.3 Å². The topological polar surface area (TPSA) is 88.2 Å². The van der Waals surface area contributed by atoms with Crippen LogP contribution in [0, 0.1) is 0 Å². The van der Waals surface area contributed by atoms with E-state index >= 15 is 0 Å². The molecule has 2 aromatic rings. The van der Waals surface area contributed by atoms with Crippen molar-refractivity contribution in [2.45, 2.75) is 30.1 Å². The molecule has 24 heavy (non-hydrogen) atoms. The lowest BCUT2D eigenvalue weighted by molar-refractivity contribution is -0.116. The number of benzene rings is 1. The summed E-state index contributed by atoms with van der Waals surface area (Å²) in [5.74, 6) is 0.267. The number of anilines is 1. The Morgan fingerprint density at radius 1 is 1.29 bits per heavy atom. The van der Waals surface area contributed by atoms with Gasteiger partial charge in [0.2, 0.25) is 15.9 Å². The number of nitrogens with one attached hydrogen (secondary N) is 2. The number of halogens is 1. The van der Waals surface area contributed by atoms with E-state index in [0.29, 0.717) is 16.1 Å². The van der Waals surface area contributed by atoms with Crippen molar-refractivity contribution in [3.05, 3.63) is 40.4 Å². The third kappa shape index (κ3) is 4.54. The van der Waals surface area contributed by atoms with E-state index < -0.39 is 10.0 Å². The molecule has 1 aromatic heterocycles. The molecule has 3 rings (SSSR count). The predicted octanol–water partition coefficient (Wildman–Crippen LogP) is 2.98. The summed E-state index contributed by atoms with van der Waals surface area (Å²) < 4.78 is 26.5. The lowest BCUT2D eigenvalue weighted by Crippen LogP contribution is -2.27. The van der Waals surface area contributed by atoms with Crippen LogP contribution in [0.25, 0.3) is 0 Å². The molecule has 6 nitrogen and oxygen atoms in total. The van der Waals surface area contributed by atoms with Gasteiger partial charge in [-0.25, -0.2) is 18.1 Å². The fourth-order valence-corrected chi connectivity index (χ4v) is 4.05. The summed E-state index contributed by atoms with van der Waals surface area (Å²) in [5.41, 5.74) is 1.03. The third-order valence-corrected chi connectivity index (χ3v) is 6.04. The van der Waals surface area contributed by atoms with Crippen molar-refractivity contribution in [2.24, 2.45) is 0 Å². The molecular formula is C15H16ClN3O3S2. The molecule has 1 fully saturated rings. The number of carbonyl (C=O) groups excluding carboxylic acids is 1. The van der Waals surface area contributed by atoms with Gasteiger partial charge < -0.3 is 5.32 Å². The van der Waals surface area contributed by atoms with E-state index in [1.165, 1.54) is 35.6 Å². The molecule has 1 aliphatic rings. The Hall–Kier alpha value is -1.48. The van der Waals surface area contributed by atoms with Crippen LogP contribution in [-0.4, -0.2) is 25.9 Å². The average Bonchev–Trinajstić information content (AvgIpc) is 3.28. The van der Waals surface area contributed by atoms with Crippen molar-refractivity contribution in [1.82, 2.24) is 9.71 Å². The number of thiazole rings is 1. The van der Waals surface area contributed by atoms with Gasteiger partial charge >= 0.3 is 0 Å². The minimum absolute atomic E-state index is 0.0116. The smallest absolute Gasteiger partial charge is 0.240 e. The van der Waals surface area contributed by atoms with Crippen LogP contribution in [0.2, 0.25) is 5.02 Å². The third-order valence-electron chi connectivity index (χ3n) is 3.53. The molecule has 1 aliphatic carbocycles. The summed E-state index contributed by atoms with van der Waals surface area (Å²) in [4.78, 5) is 16.4. The molecule has 0 saturated heterocycles. The van der Waals surface area contributed by atoms with E-state index in [4.69, 9.17) is 11.6 Å². The molecule has 1 saturated carbocycles. The van der Waals surface area contributed by atoms with Crippen LogP contribution in [0.5, 0.6) is 0 Å². The lowest BCUT2D eigenvalue weighted by Gasteiger charge is -2.06. The van der Waals surface area contributed by atoms with Crippen molar-refractivity contribution in [2.75, 3.05) is 11.9 Å². The highest BCUT2D eigenvalue weighted by molar-refractivity contribution is 7.89. The Kier molecular flexibility index (Phi) is 5.19. The zero-order chi connectivity index (χ0) is 17.2. The summed E-state index contributed by atoms with van der Waals surface area (Å²) in [6.45, 7) is 0.0116. The van der Waals surface area contributed by atoms with Crippen molar-refractivity contribution in [3.63, 3.8) is 0 Å². The van der Waals surface area contributed by atoms with E-state index in [1.54, 1.807) is 0 Å². The molecule has 128 valence electrons. The van der Waals surface area contributed by atoms with Gasteiger partial charge in [-0.05, 0) is 37.1 Å². The molecule has 0 bridgehead atoms. The minimum atomic E-state index is -3.65. The summed E-state index contributed by atoms with van der Waals surface area (Å²) in [6.07, 6.45) is 2.35. The van der Waals surface area contributed by atoms with Crippen LogP contribution < -0.4 is 10.0 Å².